The molecule has 0 atom stereocenters. The van der Waals surface area contributed by atoms with Gasteiger partial charge in [0.15, 0.2) is 0 Å². The smallest absolute Gasteiger partial charge is 0.261 e. The normalized spacial score (nSPS) is 11.2. The predicted octanol–water partition coefficient (Wildman–Crippen LogP) is 3.67. The first-order valence-corrected chi connectivity index (χ1v) is 9.77. The lowest BCUT2D eigenvalue weighted by atomic mass is 10.2. The van der Waals surface area contributed by atoms with Crippen LogP contribution in [-0.4, -0.2) is 32.8 Å². The van der Waals surface area contributed by atoms with E-state index < -0.39 is 10.0 Å². The zero-order chi connectivity index (χ0) is 18.4. The third-order valence-corrected chi connectivity index (χ3v) is 5.27. The number of anilines is 1. The fraction of sp³-hybridized carbons (Fsp3) is 0.316. The summed E-state index contributed by atoms with van der Waals surface area (Å²) in [6.07, 6.45) is 1.90. The van der Waals surface area contributed by atoms with Gasteiger partial charge in [-0.3, -0.25) is 9.52 Å². The van der Waals surface area contributed by atoms with E-state index in [9.17, 15) is 13.2 Å². The Labute approximate surface area is 149 Å². The van der Waals surface area contributed by atoms with Crippen molar-refractivity contribution in [3.8, 4) is 0 Å². The number of carbonyl (C=O) groups excluding carboxylic acids is 1. The second-order valence-corrected chi connectivity index (χ2v) is 7.76. The lowest BCUT2D eigenvalue weighted by Crippen LogP contribution is -2.27. The van der Waals surface area contributed by atoms with Crippen molar-refractivity contribution in [1.29, 1.82) is 0 Å². The molecule has 0 aliphatic carbocycles. The topological polar surface area (TPSA) is 66.5 Å². The van der Waals surface area contributed by atoms with Crippen molar-refractivity contribution in [3.05, 3.63) is 59.7 Å². The minimum atomic E-state index is -3.75. The molecule has 0 saturated heterocycles. The number of aryl methyl sites for hydroxylation is 1. The Hall–Kier alpha value is -2.34. The maximum atomic E-state index is 12.6. The number of carbonyl (C=O) groups is 1. The quantitative estimate of drug-likeness (QED) is 0.819. The van der Waals surface area contributed by atoms with E-state index in [2.05, 4.69) is 11.6 Å². The Balaban J connectivity index is 2.21. The van der Waals surface area contributed by atoms with Crippen LogP contribution in [0, 0.1) is 6.92 Å². The van der Waals surface area contributed by atoms with Gasteiger partial charge in [0.05, 0.1) is 4.90 Å². The molecule has 2 aromatic carbocycles. The molecule has 0 aliphatic rings. The van der Waals surface area contributed by atoms with Crippen LogP contribution in [0.3, 0.4) is 0 Å². The first kappa shape index (κ1) is 19.0. The van der Waals surface area contributed by atoms with E-state index in [4.69, 9.17) is 0 Å². The van der Waals surface area contributed by atoms with Crippen molar-refractivity contribution in [3.63, 3.8) is 0 Å². The summed E-state index contributed by atoms with van der Waals surface area (Å²) in [6, 6.07) is 13.2. The van der Waals surface area contributed by atoms with Crippen LogP contribution >= 0.6 is 0 Å². The van der Waals surface area contributed by atoms with Crippen LogP contribution in [0.2, 0.25) is 0 Å². The van der Waals surface area contributed by atoms with Gasteiger partial charge < -0.3 is 4.90 Å². The summed E-state index contributed by atoms with van der Waals surface area (Å²) < 4.78 is 27.7. The number of rotatable bonds is 7. The Morgan fingerprint density at radius 3 is 2.44 bits per heavy atom. The molecule has 0 radical (unpaired) electrons. The van der Waals surface area contributed by atoms with Gasteiger partial charge in [0.2, 0.25) is 0 Å². The predicted molar refractivity (Wildman–Crippen MR) is 100 cm³/mol. The molecule has 2 rings (SSSR count). The van der Waals surface area contributed by atoms with E-state index in [1.807, 2.05) is 19.1 Å². The average Bonchev–Trinajstić information content (AvgIpc) is 2.61. The van der Waals surface area contributed by atoms with Crippen LogP contribution in [0.1, 0.15) is 35.7 Å². The monoisotopic (exact) mass is 360 g/mol. The number of benzene rings is 2. The highest BCUT2D eigenvalue weighted by atomic mass is 32.2. The molecule has 0 saturated carbocycles. The third kappa shape index (κ3) is 5.06. The minimum Gasteiger partial charge on any atom is -0.342 e. The van der Waals surface area contributed by atoms with Gasteiger partial charge in [-0.05, 0) is 43.7 Å². The Morgan fingerprint density at radius 1 is 1.12 bits per heavy atom. The Morgan fingerprint density at radius 2 is 1.80 bits per heavy atom. The van der Waals surface area contributed by atoms with Crippen molar-refractivity contribution in [2.45, 2.75) is 31.6 Å². The van der Waals surface area contributed by atoms with E-state index in [-0.39, 0.29) is 10.8 Å². The van der Waals surface area contributed by atoms with Crippen molar-refractivity contribution in [1.82, 2.24) is 4.90 Å². The van der Waals surface area contributed by atoms with Gasteiger partial charge in [0, 0.05) is 24.8 Å². The average molecular weight is 360 g/mol. The lowest BCUT2D eigenvalue weighted by Gasteiger charge is -2.17. The number of sulfonamides is 1. The molecule has 2 aromatic rings. The van der Waals surface area contributed by atoms with Crippen LogP contribution in [0.4, 0.5) is 5.69 Å². The Bertz CT molecular complexity index is 830. The lowest BCUT2D eigenvalue weighted by molar-refractivity contribution is 0.0793. The molecule has 0 bridgehead atoms. The van der Waals surface area contributed by atoms with Gasteiger partial charge in [-0.1, -0.05) is 37.1 Å². The highest BCUT2D eigenvalue weighted by Crippen LogP contribution is 2.18. The SMILES string of the molecule is CCCCN(C)C(=O)c1cccc(S(=O)(=O)Nc2ccc(C)cc2)c1. The molecule has 6 heteroatoms. The zero-order valence-corrected chi connectivity index (χ0v) is 15.6. The maximum absolute atomic E-state index is 12.6. The van der Waals surface area contributed by atoms with Crippen LogP contribution in [-0.2, 0) is 10.0 Å². The van der Waals surface area contributed by atoms with Crippen molar-refractivity contribution in [2.24, 2.45) is 0 Å². The molecule has 0 fully saturated rings. The third-order valence-electron chi connectivity index (χ3n) is 3.89. The van der Waals surface area contributed by atoms with E-state index in [0.29, 0.717) is 17.8 Å². The second kappa shape index (κ2) is 8.16. The van der Waals surface area contributed by atoms with Gasteiger partial charge in [0.1, 0.15) is 0 Å². The first-order chi connectivity index (χ1) is 11.8. The molecular formula is C19H24N2O3S. The summed E-state index contributed by atoms with van der Waals surface area (Å²) >= 11 is 0. The number of hydrogen-bond donors (Lipinski definition) is 1. The van der Waals surface area contributed by atoms with Gasteiger partial charge in [-0.25, -0.2) is 8.42 Å². The highest BCUT2D eigenvalue weighted by Gasteiger charge is 2.18. The molecule has 5 nitrogen and oxygen atoms in total. The van der Waals surface area contributed by atoms with Crippen LogP contribution < -0.4 is 4.72 Å². The van der Waals surface area contributed by atoms with E-state index in [1.54, 1.807) is 36.2 Å². The molecule has 0 aromatic heterocycles. The number of amides is 1. The van der Waals surface area contributed by atoms with Crippen LogP contribution in [0.25, 0.3) is 0 Å². The second-order valence-electron chi connectivity index (χ2n) is 6.08. The molecule has 25 heavy (non-hydrogen) atoms. The molecule has 0 unspecified atom stereocenters. The highest BCUT2D eigenvalue weighted by molar-refractivity contribution is 7.92. The fourth-order valence-corrected chi connectivity index (χ4v) is 3.45. The van der Waals surface area contributed by atoms with Crippen LogP contribution in [0.5, 0.6) is 0 Å². The minimum absolute atomic E-state index is 0.0721. The molecule has 0 aliphatic heterocycles. The Kier molecular flexibility index (Phi) is 6.20. The summed E-state index contributed by atoms with van der Waals surface area (Å²) in [5.41, 5.74) is 1.90. The first-order valence-electron chi connectivity index (χ1n) is 8.28. The molecule has 0 heterocycles. The molecular weight excluding hydrogens is 336 g/mol. The number of nitrogens with one attached hydrogen (secondary N) is 1. The van der Waals surface area contributed by atoms with Crippen molar-refractivity contribution < 1.29 is 13.2 Å². The molecule has 134 valence electrons. The summed E-state index contributed by atoms with van der Waals surface area (Å²) in [5.74, 6) is -0.180. The van der Waals surface area contributed by atoms with E-state index in [0.717, 1.165) is 18.4 Å². The van der Waals surface area contributed by atoms with Crippen molar-refractivity contribution in [2.75, 3.05) is 18.3 Å². The van der Waals surface area contributed by atoms with Gasteiger partial charge in [0.25, 0.3) is 15.9 Å². The number of hydrogen-bond acceptors (Lipinski definition) is 3. The maximum Gasteiger partial charge on any atom is 0.261 e. The summed E-state index contributed by atoms with van der Waals surface area (Å²) in [5, 5.41) is 0. The van der Waals surface area contributed by atoms with Crippen molar-refractivity contribution >= 4 is 21.6 Å². The number of nitrogens with zero attached hydrogens (tertiary/aromatic N) is 1. The summed E-state index contributed by atoms with van der Waals surface area (Å²) in [4.78, 5) is 14.1. The summed E-state index contributed by atoms with van der Waals surface area (Å²) in [7, 11) is -2.02. The largest absolute Gasteiger partial charge is 0.342 e. The molecule has 1 amide bonds. The number of unbranched alkanes of at least 4 members (excludes halogenated alkanes) is 1. The summed E-state index contributed by atoms with van der Waals surface area (Å²) in [6.45, 7) is 4.64. The molecule has 1 N–H and O–H groups in total. The van der Waals surface area contributed by atoms with E-state index >= 15 is 0 Å². The van der Waals surface area contributed by atoms with Gasteiger partial charge in [-0.15, -0.1) is 0 Å². The molecule has 0 spiro atoms. The van der Waals surface area contributed by atoms with Gasteiger partial charge >= 0.3 is 0 Å². The standard InChI is InChI=1S/C19H24N2O3S/c1-4-5-13-21(3)19(22)16-7-6-8-18(14-16)25(23,24)20-17-11-9-15(2)10-12-17/h6-12,14,20H,4-5,13H2,1-3H3. The zero-order valence-electron chi connectivity index (χ0n) is 14.8. The van der Waals surface area contributed by atoms with Gasteiger partial charge in [-0.2, -0.15) is 0 Å². The fourth-order valence-electron chi connectivity index (χ4n) is 2.35. The van der Waals surface area contributed by atoms with E-state index in [1.165, 1.54) is 12.1 Å². The van der Waals surface area contributed by atoms with Crippen LogP contribution in [0.15, 0.2) is 53.4 Å².